The zero-order valence-electron chi connectivity index (χ0n) is 10.8. The number of amides is 1. The fourth-order valence-electron chi connectivity index (χ4n) is 1.37. The molecule has 0 atom stereocenters. The summed E-state index contributed by atoms with van der Waals surface area (Å²) in [4.78, 5) is 10.7. The van der Waals surface area contributed by atoms with Crippen LogP contribution in [-0.2, 0) is 4.79 Å². The van der Waals surface area contributed by atoms with Crippen LogP contribution in [0.25, 0.3) is 0 Å². The Balaban J connectivity index is 3.07. The lowest BCUT2D eigenvalue weighted by Gasteiger charge is -2.12. The van der Waals surface area contributed by atoms with Gasteiger partial charge in [-0.15, -0.1) is 0 Å². The Morgan fingerprint density at radius 2 is 1.72 bits per heavy atom. The number of benzene rings is 1. The van der Waals surface area contributed by atoms with Crippen LogP contribution >= 0.6 is 0 Å². The standard InChI is InChI=1S/C12H16N2O4/c1-8(15)14-13-7-9-5-10(16-2)12(18-4)11(6-9)17-3/h5-7H,1-4H3,(H,14,15)/b13-7+. The van der Waals surface area contributed by atoms with Crippen LogP contribution in [-0.4, -0.2) is 33.5 Å². The van der Waals surface area contributed by atoms with Crippen LogP contribution in [0.1, 0.15) is 12.5 Å². The lowest BCUT2D eigenvalue weighted by Crippen LogP contribution is -2.12. The zero-order valence-corrected chi connectivity index (χ0v) is 10.8. The van der Waals surface area contributed by atoms with Crippen molar-refractivity contribution in [1.82, 2.24) is 5.43 Å². The lowest BCUT2D eigenvalue weighted by atomic mass is 10.2. The maximum Gasteiger partial charge on any atom is 0.236 e. The first kappa shape index (κ1) is 13.8. The molecular formula is C12H16N2O4. The minimum Gasteiger partial charge on any atom is -0.493 e. The third-order valence-corrected chi connectivity index (χ3v) is 2.12. The molecule has 0 unspecified atom stereocenters. The molecule has 0 heterocycles. The van der Waals surface area contributed by atoms with E-state index in [1.807, 2.05) is 0 Å². The molecule has 0 radical (unpaired) electrons. The number of ether oxygens (including phenoxy) is 3. The minimum absolute atomic E-state index is 0.237. The number of carbonyl (C=O) groups is 1. The van der Waals surface area contributed by atoms with Gasteiger partial charge in [0, 0.05) is 12.5 Å². The van der Waals surface area contributed by atoms with Crippen LogP contribution in [0, 0.1) is 0 Å². The molecular weight excluding hydrogens is 236 g/mol. The van der Waals surface area contributed by atoms with Crippen molar-refractivity contribution in [2.45, 2.75) is 6.92 Å². The zero-order chi connectivity index (χ0) is 13.5. The fraction of sp³-hybridized carbons (Fsp3) is 0.333. The van der Waals surface area contributed by atoms with Crippen LogP contribution in [0.5, 0.6) is 17.2 Å². The van der Waals surface area contributed by atoms with Crippen molar-refractivity contribution in [3.63, 3.8) is 0 Å². The molecule has 6 nitrogen and oxygen atoms in total. The average Bonchev–Trinajstić information content (AvgIpc) is 2.36. The number of rotatable bonds is 5. The highest BCUT2D eigenvalue weighted by atomic mass is 16.5. The van der Waals surface area contributed by atoms with E-state index < -0.39 is 0 Å². The summed E-state index contributed by atoms with van der Waals surface area (Å²) in [7, 11) is 4.60. The van der Waals surface area contributed by atoms with E-state index >= 15 is 0 Å². The van der Waals surface area contributed by atoms with Crippen molar-refractivity contribution < 1.29 is 19.0 Å². The van der Waals surface area contributed by atoms with Gasteiger partial charge in [-0.1, -0.05) is 0 Å². The molecule has 0 saturated heterocycles. The first-order chi connectivity index (χ1) is 8.62. The van der Waals surface area contributed by atoms with Crippen molar-refractivity contribution in [3.05, 3.63) is 17.7 Å². The van der Waals surface area contributed by atoms with Gasteiger partial charge in [-0.2, -0.15) is 5.10 Å². The molecule has 18 heavy (non-hydrogen) atoms. The summed E-state index contributed by atoms with van der Waals surface area (Å²) >= 11 is 0. The van der Waals surface area contributed by atoms with Crippen molar-refractivity contribution in [3.8, 4) is 17.2 Å². The number of hydrazone groups is 1. The molecule has 1 N–H and O–H groups in total. The van der Waals surface area contributed by atoms with Gasteiger partial charge in [0.1, 0.15) is 0 Å². The summed E-state index contributed by atoms with van der Waals surface area (Å²) in [6.45, 7) is 1.38. The molecule has 0 aliphatic heterocycles. The van der Waals surface area contributed by atoms with Gasteiger partial charge in [-0.3, -0.25) is 4.79 Å². The Bertz CT molecular complexity index is 432. The molecule has 1 aromatic carbocycles. The van der Waals surface area contributed by atoms with Gasteiger partial charge in [0.2, 0.25) is 11.7 Å². The van der Waals surface area contributed by atoms with Crippen LogP contribution in [0.15, 0.2) is 17.2 Å². The van der Waals surface area contributed by atoms with E-state index in [1.54, 1.807) is 12.1 Å². The van der Waals surface area contributed by atoms with Crippen LogP contribution in [0.2, 0.25) is 0 Å². The fourth-order valence-corrected chi connectivity index (χ4v) is 1.37. The first-order valence-electron chi connectivity index (χ1n) is 5.22. The van der Waals surface area contributed by atoms with Gasteiger partial charge >= 0.3 is 0 Å². The molecule has 0 aliphatic carbocycles. The molecule has 0 fully saturated rings. The van der Waals surface area contributed by atoms with E-state index in [1.165, 1.54) is 34.5 Å². The second-order valence-corrected chi connectivity index (χ2v) is 3.38. The number of hydrogen-bond acceptors (Lipinski definition) is 5. The average molecular weight is 252 g/mol. The van der Waals surface area contributed by atoms with Gasteiger partial charge in [0.25, 0.3) is 0 Å². The minimum atomic E-state index is -0.237. The topological polar surface area (TPSA) is 69.2 Å². The molecule has 98 valence electrons. The SMILES string of the molecule is COc1cc(/C=N/NC(C)=O)cc(OC)c1OC. The summed E-state index contributed by atoms with van der Waals surface area (Å²) < 4.78 is 15.6. The second-order valence-electron chi connectivity index (χ2n) is 3.38. The molecule has 6 heteroatoms. The Morgan fingerprint density at radius 1 is 1.17 bits per heavy atom. The van der Waals surface area contributed by atoms with E-state index in [2.05, 4.69) is 10.5 Å². The van der Waals surface area contributed by atoms with E-state index in [0.717, 1.165) is 5.56 Å². The Hall–Kier alpha value is -2.24. The van der Waals surface area contributed by atoms with Gasteiger partial charge in [-0.05, 0) is 12.1 Å². The Morgan fingerprint density at radius 3 is 2.11 bits per heavy atom. The lowest BCUT2D eigenvalue weighted by molar-refractivity contribution is -0.118. The monoisotopic (exact) mass is 252 g/mol. The molecule has 0 spiro atoms. The molecule has 1 aromatic rings. The largest absolute Gasteiger partial charge is 0.493 e. The van der Waals surface area contributed by atoms with Crippen molar-refractivity contribution >= 4 is 12.1 Å². The predicted octanol–water partition coefficient (Wildman–Crippen LogP) is 1.18. The highest BCUT2D eigenvalue weighted by molar-refractivity contribution is 5.83. The summed E-state index contributed by atoms with van der Waals surface area (Å²) in [5.41, 5.74) is 3.04. The van der Waals surface area contributed by atoms with Crippen LogP contribution in [0.3, 0.4) is 0 Å². The molecule has 1 amide bonds. The molecule has 0 bridgehead atoms. The summed E-state index contributed by atoms with van der Waals surface area (Å²) in [5, 5.41) is 3.77. The number of nitrogens with one attached hydrogen (secondary N) is 1. The Labute approximate surface area is 106 Å². The van der Waals surface area contributed by atoms with Crippen molar-refractivity contribution in [2.24, 2.45) is 5.10 Å². The first-order valence-corrected chi connectivity index (χ1v) is 5.22. The highest BCUT2D eigenvalue weighted by Crippen LogP contribution is 2.37. The van der Waals surface area contributed by atoms with E-state index in [-0.39, 0.29) is 5.91 Å². The predicted molar refractivity (Wildman–Crippen MR) is 67.5 cm³/mol. The van der Waals surface area contributed by atoms with E-state index in [0.29, 0.717) is 17.2 Å². The van der Waals surface area contributed by atoms with Gasteiger partial charge in [-0.25, -0.2) is 5.43 Å². The third kappa shape index (κ3) is 3.38. The maximum absolute atomic E-state index is 10.7. The third-order valence-electron chi connectivity index (χ3n) is 2.12. The number of carbonyl (C=O) groups excluding carboxylic acids is 1. The smallest absolute Gasteiger partial charge is 0.236 e. The second kappa shape index (κ2) is 6.48. The van der Waals surface area contributed by atoms with Gasteiger partial charge < -0.3 is 14.2 Å². The number of hydrogen-bond donors (Lipinski definition) is 1. The highest BCUT2D eigenvalue weighted by Gasteiger charge is 2.12. The van der Waals surface area contributed by atoms with Crippen LogP contribution < -0.4 is 19.6 Å². The van der Waals surface area contributed by atoms with Crippen molar-refractivity contribution in [2.75, 3.05) is 21.3 Å². The number of nitrogens with zero attached hydrogens (tertiary/aromatic N) is 1. The van der Waals surface area contributed by atoms with Crippen LogP contribution in [0.4, 0.5) is 0 Å². The van der Waals surface area contributed by atoms with Gasteiger partial charge in [0.05, 0.1) is 27.5 Å². The summed E-state index contributed by atoms with van der Waals surface area (Å²) in [5.74, 6) is 1.33. The Kier molecular flexibility index (Phi) is 4.98. The molecule has 0 saturated carbocycles. The van der Waals surface area contributed by atoms with Crippen molar-refractivity contribution in [1.29, 1.82) is 0 Å². The number of methoxy groups -OCH3 is 3. The summed E-state index contributed by atoms with van der Waals surface area (Å²) in [6.07, 6.45) is 1.49. The van der Waals surface area contributed by atoms with Gasteiger partial charge in [0.15, 0.2) is 11.5 Å². The molecule has 0 aromatic heterocycles. The van der Waals surface area contributed by atoms with E-state index in [9.17, 15) is 4.79 Å². The normalized spacial score (nSPS) is 10.2. The molecule has 1 rings (SSSR count). The quantitative estimate of drug-likeness (QED) is 0.631. The van der Waals surface area contributed by atoms with E-state index in [4.69, 9.17) is 14.2 Å². The molecule has 0 aliphatic rings. The maximum atomic E-state index is 10.7. The summed E-state index contributed by atoms with van der Waals surface area (Å²) in [6, 6.07) is 3.46.